The van der Waals surface area contributed by atoms with Crippen molar-refractivity contribution in [1.82, 2.24) is 0 Å². The Kier molecular flexibility index (Phi) is 4.34. The molecule has 0 aromatic heterocycles. The van der Waals surface area contributed by atoms with E-state index in [1.807, 2.05) is 18.2 Å². The number of fused-ring (bicyclic) bond motifs is 1. The molecule has 2 amide bonds. The zero-order chi connectivity index (χ0) is 18.0. The molecule has 1 aliphatic heterocycles. The zero-order valence-electron chi connectivity index (χ0n) is 13.4. The van der Waals surface area contributed by atoms with Crippen LogP contribution in [-0.2, 0) is 9.59 Å². The summed E-state index contributed by atoms with van der Waals surface area (Å²) in [5.41, 5.74) is 2.45. The summed E-state index contributed by atoms with van der Waals surface area (Å²) in [6.45, 7) is 1.67. The number of para-hydroxylation sites is 2. The normalized spacial score (nSPS) is 15.6. The maximum Gasteiger partial charge on any atom is 0.269 e. The molecule has 128 valence electrons. The van der Waals surface area contributed by atoms with Crippen molar-refractivity contribution in [2.75, 3.05) is 16.0 Å². The molecule has 3 N–H and O–H groups in total. The molecule has 0 fully saturated rings. The third kappa shape index (κ3) is 3.57. The number of hydrogen-bond donors (Lipinski definition) is 3. The van der Waals surface area contributed by atoms with Gasteiger partial charge in [-0.3, -0.25) is 19.7 Å². The molecule has 2 aromatic carbocycles. The maximum atomic E-state index is 12.2. The fraction of sp³-hybridized carbons (Fsp3) is 0.176. The summed E-state index contributed by atoms with van der Waals surface area (Å²) < 4.78 is 0. The number of nitro benzene ring substituents is 1. The average molecular weight is 340 g/mol. The van der Waals surface area contributed by atoms with E-state index >= 15 is 0 Å². The van der Waals surface area contributed by atoms with Crippen molar-refractivity contribution >= 4 is 34.6 Å². The molecule has 3 rings (SSSR count). The molecule has 25 heavy (non-hydrogen) atoms. The topological polar surface area (TPSA) is 113 Å². The summed E-state index contributed by atoms with van der Waals surface area (Å²) in [7, 11) is 0. The second-order valence-corrected chi connectivity index (χ2v) is 5.74. The third-order valence-corrected chi connectivity index (χ3v) is 3.92. The van der Waals surface area contributed by atoms with Gasteiger partial charge < -0.3 is 16.0 Å². The number of hydrogen-bond acceptors (Lipinski definition) is 5. The van der Waals surface area contributed by atoms with Crippen LogP contribution in [-0.4, -0.2) is 22.8 Å². The zero-order valence-corrected chi connectivity index (χ0v) is 13.4. The van der Waals surface area contributed by atoms with Crippen LogP contribution in [0.15, 0.2) is 42.5 Å². The van der Waals surface area contributed by atoms with E-state index in [1.165, 1.54) is 18.2 Å². The number of carbonyl (C=O) groups excluding carboxylic acids is 2. The van der Waals surface area contributed by atoms with Gasteiger partial charge in [-0.1, -0.05) is 12.1 Å². The van der Waals surface area contributed by atoms with Crippen LogP contribution in [0.5, 0.6) is 0 Å². The summed E-state index contributed by atoms with van der Waals surface area (Å²) in [4.78, 5) is 34.6. The van der Waals surface area contributed by atoms with E-state index in [0.29, 0.717) is 16.9 Å². The minimum absolute atomic E-state index is 0.0413. The summed E-state index contributed by atoms with van der Waals surface area (Å²) in [6.07, 6.45) is -0.0589. The second-order valence-electron chi connectivity index (χ2n) is 5.74. The van der Waals surface area contributed by atoms with Gasteiger partial charge in [0.15, 0.2) is 0 Å². The quantitative estimate of drug-likeness (QED) is 0.585. The van der Waals surface area contributed by atoms with Crippen LogP contribution in [0.1, 0.15) is 12.0 Å². The van der Waals surface area contributed by atoms with Gasteiger partial charge in [0.1, 0.15) is 6.04 Å². The Bertz CT molecular complexity index is 865. The van der Waals surface area contributed by atoms with Gasteiger partial charge in [-0.25, -0.2) is 0 Å². The summed E-state index contributed by atoms with van der Waals surface area (Å²) in [6, 6.07) is 10.7. The SMILES string of the molecule is Cc1cc([N+](=O)[O-])ccc1NC(=O)CC1Nc2ccccc2NC1=O. The number of rotatable bonds is 4. The Morgan fingerprint density at radius 1 is 1.24 bits per heavy atom. The van der Waals surface area contributed by atoms with Gasteiger partial charge in [-0.2, -0.15) is 0 Å². The first-order valence-corrected chi connectivity index (χ1v) is 7.65. The number of amides is 2. The summed E-state index contributed by atoms with van der Waals surface area (Å²) >= 11 is 0. The third-order valence-electron chi connectivity index (χ3n) is 3.92. The molecule has 1 aliphatic rings. The lowest BCUT2D eigenvalue weighted by atomic mass is 10.1. The van der Waals surface area contributed by atoms with Gasteiger partial charge >= 0.3 is 0 Å². The molecule has 1 unspecified atom stereocenters. The molecule has 0 radical (unpaired) electrons. The number of aryl methyl sites for hydroxylation is 1. The molecular weight excluding hydrogens is 324 g/mol. The molecule has 0 bridgehead atoms. The molecule has 0 saturated heterocycles. The predicted molar refractivity (Wildman–Crippen MR) is 93.6 cm³/mol. The van der Waals surface area contributed by atoms with Gasteiger partial charge in [-0.15, -0.1) is 0 Å². The van der Waals surface area contributed by atoms with Crippen molar-refractivity contribution in [2.45, 2.75) is 19.4 Å². The minimum atomic E-state index is -0.687. The Morgan fingerprint density at radius 2 is 1.96 bits per heavy atom. The smallest absolute Gasteiger partial charge is 0.269 e. The minimum Gasteiger partial charge on any atom is -0.372 e. The highest BCUT2D eigenvalue weighted by molar-refractivity contribution is 6.06. The van der Waals surface area contributed by atoms with Crippen LogP contribution < -0.4 is 16.0 Å². The number of anilines is 3. The first-order valence-electron chi connectivity index (χ1n) is 7.65. The largest absolute Gasteiger partial charge is 0.372 e. The molecule has 0 saturated carbocycles. The van der Waals surface area contributed by atoms with Crippen LogP contribution in [0.4, 0.5) is 22.7 Å². The average Bonchev–Trinajstić information content (AvgIpc) is 2.57. The predicted octanol–water partition coefficient (Wildman–Crippen LogP) is 2.66. The van der Waals surface area contributed by atoms with E-state index < -0.39 is 11.0 Å². The van der Waals surface area contributed by atoms with E-state index in [-0.39, 0.29) is 23.9 Å². The molecule has 0 spiro atoms. The standard InChI is InChI=1S/C17H16N4O4/c1-10-8-11(21(24)25)6-7-12(10)19-16(22)9-15-17(23)20-14-5-3-2-4-13(14)18-15/h2-8,15,18H,9H2,1H3,(H,19,22)(H,20,23). The van der Waals surface area contributed by atoms with Gasteiger partial charge in [0.05, 0.1) is 22.7 Å². The number of benzene rings is 2. The van der Waals surface area contributed by atoms with Crippen LogP contribution in [0, 0.1) is 17.0 Å². The fourth-order valence-electron chi connectivity index (χ4n) is 2.62. The number of nitro groups is 1. The Hall–Kier alpha value is -3.42. The summed E-state index contributed by atoms with van der Waals surface area (Å²) in [5, 5.41) is 19.2. The van der Waals surface area contributed by atoms with Crippen LogP contribution in [0.3, 0.4) is 0 Å². The maximum absolute atomic E-state index is 12.2. The molecular formula is C17H16N4O4. The molecule has 8 nitrogen and oxygen atoms in total. The molecule has 1 heterocycles. The fourth-order valence-corrected chi connectivity index (χ4v) is 2.62. The number of nitrogens with one attached hydrogen (secondary N) is 3. The Labute approximate surface area is 143 Å². The van der Waals surface area contributed by atoms with Crippen LogP contribution >= 0.6 is 0 Å². The number of nitrogens with zero attached hydrogens (tertiary/aromatic N) is 1. The van der Waals surface area contributed by atoms with Crippen LogP contribution in [0.25, 0.3) is 0 Å². The van der Waals surface area contributed by atoms with Crippen molar-refractivity contribution in [3.05, 3.63) is 58.1 Å². The van der Waals surface area contributed by atoms with Crippen LogP contribution in [0.2, 0.25) is 0 Å². The second kappa shape index (κ2) is 6.60. The van der Waals surface area contributed by atoms with E-state index in [2.05, 4.69) is 16.0 Å². The van der Waals surface area contributed by atoms with Crippen molar-refractivity contribution in [3.63, 3.8) is 0 Å². The molecule has 2 aromatic rings. The highest BCUT2D eigenvalue weighted by Gasteiger charge is 2.27. The van der Waals surface area contributed by atoms with Crippen molar-refractivity contribution in [3.8, 4) is 0 Å². The Balaban J connectivity index is 1.67. The van der Waals surface area contributed by atoms with Gasteiger partial charge in [0.2, 0.25) is 11.8 Å². The van der Waals surface area contributed by atoms with E-state index in [9.17, 15) is 19.7 Å². The molecule has 0 aliphatic carbocycles. The number of non-ortho nitro benzene ring substituents is 1. The molecule has 1 atom stereocenters. The lowest BCUT2D eigenvalue weighted by Gasteiger charge is -2.26. The van der Waals surface area contributed by atoms with Crippen molar-refractivity contribution in [1.29, 1.82) is 0 Å². The van der Waals surface area contributed by atoms with Crippen molar-refractivity contribution < 1.29 is 14.5 Å². The summed E-state index contributed by atoms with van der Waals surface area (Å²) in [5.74, 6) is -0.641. The number of carbonyl (C=O) groups is 2. The van der Waals surface area contributed by atoms with Gasteiger partial charge in [0, 0.05) is 17.8 Å². The van der Waals surface area contributed by atoms with Crippen molar-refractivity contribution in [2.24, 2.45) is 0 Å². The highest BCUT2D eigenvalue weighted by Crippen LogP contribution is 2.27. The first kappa shape index (κ1) is 16.4. The first-order chi connectivity index (χ1) is 11.9. The highest BCUT2D eigenvalue weighted by atomic mass is 16.6. The molecule has 8 heteroatoms. The van der Waals surface area contributed by atoms with Gasteiger partial charge in [-0.05, 0) is 30.7 Å². The van der Waals surface area contributed by atoms with Gasteiger partial charge in [0.25, 0.3) is 5.69 Å². The Morgan fingerprint density at radius 3 is 2.64 bits per heavy atom. The lowest BCUT2D eigenvalue weighted by molar-refractivity contribution is -0.384. The van der Waals surface area contributed by atoms with E-state index in [4.69, 9.17) is 0 Å². The monoisotopic (exact) mass is 340 g/mol. The van der Waals surface area contributed by atoms with E-state index in [0.717, 1.165) is 5.69 Å². The van der Waals surface area contributed by atoms with E-state index in [1.54, 1.807) is 13.0 Å². The lowest BCUT2D eigenvalue weighted by Crippen LogP contribution is -2.41.